The first kappa shape index (κ1) is 91.9. The average molecular weight is 1630 g/mol. The first-order valence-corrected chi connectivity index (χ1v) is 40.3. The molecule has 2 fully saturated rings. The number of nitrogens with zero attached hydrogens (tertiary/aromatic N) is 2. The maximum atomic E-state index is 15.4. The summed E-state index contributed by atoms with van der Waals surface area (Å²) in [7, 11) is 0. The van der Waals surface area contributed by atoms with E-state index in [1.807, 2.05) is 20.1 Å². The van der Waals surface area contributed by atoms with Crippen LogP contribution in [0.25, 0.3) is 0 Å². The fourth-order valence-electron chi connectivity index (χ4n) is 13.6. The Morgan fingerprint density at radius 2 is 0.889 bits per heavy atom. The van der Waals surface area contributed by atoms with Gasteiger partial charge in [-0.15, -0.1) is 0 Å². The molecule has 2 aliphatic rings. The molecule has 22 N–H and O–H groups in total. The van der Waals surface area contributed by atoms with Crippen LogP contribution in [0.2, 0.25) is 0 Å². The van der Waals surface area contributed by atoms with Crippen molar-refractivity contribution in [2.75, 3.05) is 38.2 Å². The van der Waals surface area contributed by atoms with Gasteiger partial charge >= 0.3 is 0 Å². The van der Waals surface area contributed by atoms with Crippen LogP contribution in [-0.2, 0) is 92.8 Å². The molecule has 14 amide bonds. The number of phenolic OH excluding ortho intramolecular Hbond substituents is 1. The molecule has 0 spiro atoms. The molecule has 35 heteroatoms. The molecule has 7 rings (SSSR count). The van der Waals surface area contributed by atoms with Crippen LogP contribution in [0.5, 0.6) is 5.75 Å². The number of guanidine groups is 1. The minimum Gasteiger partial charge on any atom is -0.508 e. The molecular formula is C82H108N18O16S. The highest BCUT2D eigenvalue weighted by molar-refractivity contribution is 7.98. The number of carbonyl (C=O) groups is 15. The Balaban J connectivity index is 1.11. The van der Waals surface area contributed by atoms with Crippen molar-refractivity contribution in [2.45, 2.75) is 183 Å². The summed E-state index contributed by atoms with van der Waals surface area (Å²) in [6.07, 6.45) is 0.569. The van der Waals surface area contributed by atoms with Gasteiger partial charge in [0, 0.05) is 62.9 Å². The lowest BCUT2D eigenvalue weighted by atomic mass is 9.98. The predicted molar refractivity (Wildman–Crippen MR) is 436 cm³/mol. The van der Waals surface area contributed by atoms with E-state index >= 15 is 4.79 Å². The first-order valence-electron chi connectivity index (χ1n) is 38.9. The van der Waals surface area contributed by atoms with Crippen molar-refractivity contribution in [1.82, 2.24) is 63.0 Å². The molecule has 0 bridgehead atoms. The molecule has 5 aromatic carbocycles. The predicted octanol–water partition coefficient (Wildman–Crippen LogP) is -0.724. The van der Waals surface area contributed by atoms with Gasteiger partial charge in [0.2, 0.25) is 82.7 Å². The number of thioether (sulfide) groups is 1. The first-order chi connectivity index (χ1) is 55.9. The van der Waals surface area contributed by atoms with E-state index in [9.17, 15) is 72.2 Å². The SMILES string of the molecule is CSCC[C@H](NC(=O)[C@H](CC(C)C)NC(=O)CNC(=O)[C@H](Cc1ccccc1)NC(=O)[C@H](Cc1ccccc1)NC(=O)[C@H](CCC(N)=O)NC(=O)[C@H](CCC(N)=O)NC(=O)[C@@H]1CCCN1C(=O)[C@H](Cc1ccc(C(=O)c2ccccc2)cc1)NC(=O)[C@@H]1CCCN1C(=O)[C@H](CCCNC(=N)N)NC(=O)[C@H](N)Cc1ccc(O)cc1)C(N)=O. The summed E-state index contributed by atoms with van der Waals surface area (Å²) < 4.78 is 0. The molecule has 5 aromatic rings. The number of amides is 14. The highest BCUT2D eigenvalue weighted by Gasteiger charge is 2.44. The van der Waals surface area contributed by atoms with Gasteiger partial charge in [0.25, 0.3) is 0 Å². The van der Waals surface area contributed by atoms with Gasteiger partial charge in [0.05, 0.1) is 12.6 Å². The lowest BCUT2D eigenvalue weighted by molar-refractivity contribution is -0.144. The Labute approximate surface area is 682 Å². The fourth-order valence-corrected chi connectivity index (χ4v) is 14.1. The summed E-state index contributed by atoms with van der Waals surface area (Å²) in [6.45, 7) is 3.10. The van der Waals surface area contributed by atoms with E-state index in [0.717, 1.165) is 0 Å². The van der Waals surface area contributed by atoms with Crippen LogP contribution < -0.4 is 81.8 Å². The Bertz CT molecular complexity index is 4280. The second-order valence-electron chi connectivity index (χ2n) is 29.4. The second kappa shape index (κ2) is 46.3. The van der Waals surface area contributed by atoms with Crippen LogP contribution in [0.3, 0.4) is 0 Å². The van der Waals surface area contributed by atoms with Gasteiger partial charge in [-0.25, -0.2) is 0 Å². The standard InChI is InChI=1S/C82H108N18O16S/c1-48(2)42-61(76(111)92-57(71(86)106)37-41-117-3)91-69(104)47-90-73(108)62(44-49-16-7-4-8-17-49)96-77(112)63(45-50-18-9-5-10-19-50)97-75(110)58(33-35-67(84)102)93-74(109)59(34-36-68(85)103)94-78(113)65-23-15-40-100(65)81(116)64(46-52-25-29-54(30-26-52)70(105)53-20-11-6-12-21-53)98-79(114)66-24-14-39-99(66)80(115)60(22-13-38-89-82(87)88)95-72(107)56(83)43-51-27-31-55(101)32-28-51/h4-12,16-21,25-32,48,56-66,101H,13-15,22-24,33-47,83H2,1-3H3,(H2,84,102)(H2,85,103)(H2,86,106)(H,90,108)(H,91,104)(H,92,111)(H,93,109)(H,94,113)(H,95,107)(H,96,112)(H,97,110)(H,98,114)(H4,87,88,89)/t56-,57+,58+,59+,60+,61+,62+,63+,64+,65+,66+/m1/s1. The van der Waals surface area contributed by atoms with Crippen molar-refractivity contribution < 1.29 is 77.0 Å². The van der Waals surface area contributed by atoms with Crippen molar-refractivity contribution in [3.8, 4) is 5.75 Å². The normalized spacial score (nSPS) is 16.0. The number of nitrogens with one attached hydrogen (secondary N) is 11. The molecule has 0 aromatic heterocycles. The minimum atomic E-state index is -1.71. The minimum absolute atomic E-state index is 0.00252. The highest BCUT2D eigenvalue weighted by Crippen LogP contribution is 2.25. The number of likely N-dealkylation sites (tertiary alicyclic amines) is 2. The number of rotatable bonds is 46. The van der Waals surface area contributed by atoms with Gasteiger partial charge < -0.3 is 96.7 Å². The molecule has 0 radical (unpaired) electrons. The van der Waals surface area contributed by atoms with Crippen LogP contribution in [0, 0.1) is 11.3 Å². The Morgan fingerprint density at radius 1 is 0.462 bits per heavy atom. The molecule has 628 valence electrons. The number of hydrogen-bond acceptors (Lipinski definition) is 19. The van der Waals surface area contributed by atoms with Gasteiger partial charge in [-0.2, -0.15) is 11.8 Å². The van der Waals surface area contributed by atoms with E-state index in [4.69, 9.17) is 34.1 Å². The summed E-state index contributed by atoms with van der Waals surface area (Å²) in [5, 5.41) is 44.0. The number of benzene rings is 5. The summed E-state index contributed by atoms with van der Waals surface area (Å²) >= 11 is 1.44. The largest absolute Gasteiger partial charge is 0.508 e. The quantitative estimate of drug-likeness (QED) is 0.00989. The smallest absolute Gasteiger partial charge is 0.246 e. The van der Waals surface area contributed by atoms with Crippen molar-refractivity contribution in [3.63, 3.8) is 0 Å². The maximum Gasteiger partial charge on any atom is 0.246 e. The number of hydrogen-bond donors (Lipinski definition) is 17. The molecule has 34 nitrogen and oxygen atoms in total. The number of nitrogens with two attached hydrogens (primary N) is 5. The van der Waals surface area contributed by atoms with E-state index in [0.29, 0.717) is 45.6 Å². The summed E-state index contributed by atoms with van der Waals surface area (Å²) in [5.41, 5.74) is 31.6. The number of ketones is 1. The van der Waals surface area contributed by atoms with E-state index in [2.05, 4.69) is 53.2 Å². The van der Waals surface area contributed by atoms with E-state index in [1.54, 1.807) is 127 Å². The van der Waals surface area contributed by atoms with E-state index < -0.39 is 181 Å². The molecule has 0 unspecified atom stereocenters. The average Bonchev–Trinajstić information content (AvgIpc) is 1.74. The van der Waals surface area contributed by atoms with Gasteiger partial charge in [-0.3, -0.25) is 77.3 Å². The lowest BCUT2D eigenvalue weighted by Gasteiger charge is -2.32. The lowest BCUT2D eigenvalue weighted by Crippen LogP contribution is -2.60. The highest BCUT2D eigenvalue weighted by atomic mass is 32.2. The van der Waals surface area contributed by atoms with Crippen LogP contribution in [-0.4, -0.2) is 214 Å². The summed E-state index contributed by atoms with van der Waals surface area (Å²) in [6, 6.07) is 22.8. The van der Waals surface area contributed by atoms with Crippen LogP contribution in [0.4, 0.5) is 0 Å². The van der Waals surface area contributed by atoms with Crippen molar-refractivity contribution in [2.24, 2.45) is 34.6 Å². The topological polar surface area (TPSA) is 557 Å². The molecular weight excluding hydrogens is 1530 g/mol. The van der Waals surface area contributed by atoms with Gasteiger partial charge in [-0.1, -0.05) is 141 Å². The zero-order valence-electron chi connectivity index (χ0n) is 65.8. The number of phenols is 1. The van der Waals surface area contributed by atoms with Crippen molar-refractivity contribution >= 4 is 106 Å². The fraction of sp³-hybridized carbons (Fsp3) is 0.439. The van der Waals surface area contributed by atoms with E-state index in [1.165, 1.54) is 33.7 Å². The molecule has 2 saturated heterocycles. The molecule has 0 saturated carbocycles. The second-order valence-corrected chi connectivity index (χ2v) is 30.4. The van der Waals surface area contributed by atoms with Gasteiger partial charge in [0.15, 0.2) is 11.7 Å². The van der Waals surface area contributed by atoms with Crippen LogP contribution in [0.1, 0.15) is 129 Å². The van der Waals surface area contributed by atoms with Crippen molar-refractivity contribution in [1.29, 1.82) is 5.41 Å². The summed E-state index contributed by atoms with van der Waals surface area (Å²) in [4.78, 5) is 213. The van der Waals surface area contributed by atoms with Gasteiger partial charge in [0.1, 0.15) is 66.2 Å². The third kappa shape index (κ3) is 29.8. The number of aromatic hydroxyl groups is 1. The zero-order valence-corrected chi connectivity index (χ0v) is 66.6. The monoisotopic (exact) mass is 1630 g/mol. The number of carbonyl (C=O) groups excluding carboxylic acids is 15. The summed E-state index contributed by atoms with van der Waals surface area (Å²) in [5.74, 6) is -12.0. The van der Waals surface area contributed by atoms with Gasteiger partial charge in [-0.05, 0) is 123 Å². The molecule has 117 heavy (non-hydrogen) atoms. The Hall–Kier alpha value is -12.3. The van der Waals surface area contributed by atoms with Crippen molar-refractivity contribution in [3.05, 3.63) is 173 Å². The maximum absolute atomic E-state index is 15.4. The van der Waals surface area contributed by atoms with E-state index in [-0.39, 0.29) is 114 Å². The Kier molecular flexibility index (Phi) is 36.4. The zero-order chi connectivity index (χ0) is 85.3. The molecule has 2 aliphatic heterocycles. The Morgan fingerprint density at radius 3 is 1.40 bits per heavy atom. The molecule has 11 atom stereocenters. The number of primary amides is 3. The third-order valence-electron chi connectivity index (χ3n) is 19.8. The third-order valence-corrected chi connectivity index (χ3v) is 20.5. The van der Waals surface area contributed by atoms with Crippen LogP contribution >= 0.6 is 11.8 Å². The van der Waals surface area contributed by atoms with Crippen LogP contribution in [0.15, 0.2) is 140 Å². The molecule has 2 heterocycles. The molecule has 0 aliphatic carbocycles.